The second-order valence-electron chi connectivity index (χ2n) is 9.64. The molecule has 0 radical (unpaired) electrons. The van der Waals surface area contributed by atoms with E-state index in [-0.39, 0.29) is 49.3 Å². The predicted octanol–water partition coefficient (Wildman–Crippen LogP) is 5.63. The van der Waals surface area contributed by atoms with Crippen LogP contribution in [0, 0.1) is 11.8 Å². The smallest absolute Gasteiger partial charge is 0.306 e. The molecule has 2 atom stereocenters. The van der Waals surface area contributed by atoms with Gasteiger partial charge in [-0.25, -0.2) is 0 Å². The molecule has 0 aliphatic heterocycles. The van der Waals surface area contributed by atoms with E-state index in [1.165, 1.54) is 7.11 Å². The molecule has 1 aliphatic carbocycles. The van der Waals surface area contributed by atoms with E-state index >= 15 is 0 Å². The van der Waals surface area contributed by atoms with Crippen LogP contribution < -0.4 is 0 Å². The third-order valence-electron chi connectivity index (χ3n) is 6.35. The first kappa shape index (κ1) is 30.3. The van der Waals surface area contributed by atoms with Crippen molar-refractivity contribution < 1.29 is 37.4 Å². The summed E-state index contributed by atoms with van der Waals surface area (Å²) in [7, 11) is 1.49. The van der Waals surface area contributed by atoms with Gasteiger partial charge in [-0.2, -0.15) is 8.78 Å². The molecule has 6 nitrogen and oxygen atoms in total. The zero-order chi connectivity index (χ0) is 25.6. The predicted molar refractivity (Wildman–Crippen MR) is 125 cm³/mol. The molecule has 0 heterocycles. The van der Waals surface area contributed by atoms with Crippen LogP contribution in [0.1, 0.15) is 104 Å². The molecule has 1 saturated carbocycles. The van der Waals surface area contributed by atoms with Crippen molar-refractivity contribution in [1.29, 1.82) is 0 Å². The number of halogens is 2. The van der Waals surface area contributed by atoms with E-state index in [1.54, 1.807) is 0 Å². The molecule has 1 aliphatic rings. The summed E-state index contributed by atoms with van der Waals surface area (Å²) in [6, 6.07) is 0. The molecule has 1 fully saturated rings. The maximum absolute atomic E-state index is 14.1. The number of carbonyl (C=O) groups is 4. The molecule has 0 spiro atoms. The summed E-state index contributed by atoms with van der Waals surface area (Å²) in [6.07, 6.45) is 5.84. The van der Waals surface area contributed by atoms with Crippen LogP contribution in [0.15, 0.2) is 0 Å². The van der Waals surface area contributed by atoms with E-state index in [9.17, 15) is 28.0 Å². The highest BCUT2D eigenvalue weighted by atomic mass is 19.3. The Morgan fingerprint density at radius 2 is 1.47 bits per heavy atom. The van der Waals surface area contributed by atoms with Crippen molar-refractivity contribution in [2.75, 3.05) is 13.7 Å². The lowest BCUT2D eigenvalue weighted by Gasteiger charge is -2.19. The van der Waals surface area contributed by atoms with Gasteiger partial charge in [0, 0.05) is 44.8 Å². The average molecular weight is 489 g/mol. The second-order valence-corrected chi connectivity index (χ2v) is 9.64. The largest absolute Gasteiger partial charge is 0.463 e. The molecule has 0 saturated heterocycles. The van der Waals surface area contributed by atoms with Gasteiger partial charge < -0.3 is 9.47 Å². The number of carbonyl (C=O) groups excluding carboxylic acids is 4. The third kappa shape index (κ3) is 11.6. The number of unbranched alkanes of at least 4 members (excludes halogenated alkanes) is 6. The molecule has 0 aromatic carbocycles. The van der Waals surface area contributed by atoms with Crippen molar-refractivity contribution in [3.05, 3.63) is 0 Å². The van der Waals surface area contributed by atoms with Gasteiger partial charge in [0.1, 0.15) is 11.6 Å². The molecule has 0 amide bonds. The minimum Gasteiger partial charge on any atom is -0.463 e. The Labute approximate surface area is 202 Å². The molecule has 8 heteroatoms. The molecule has 196 valence electrons. The number of ether oxygens (including phenoxy) is 2. The van der Waals surface area contributed by atoms with E-state index in [0.29, 0.717) is 25.9 Å². The number of esters is 1. The number of methoxy groups -OCH3 is 1. The van der Waals surface area contributed by atoms with E-state index < -0.39 is 30.0 Å². The lowest BCUT2D eigenvalue weighted by atomic mass is 9.85. The lowest BCUT2D eigenvalue weighted by molar-refractivity contribution is -0.147. The van der Waals surface area contributed by atoms with Crippen molar-refractivity contribution in [3.63, 3.8) is 0 Å². The Hall–Kier alpha value is -1.70. The normalized spacial score (nSPS) is 18.6. The first-order chi connectivity index (χ1) is 16.1. The second kappa shape index (κ2) is 16.1. The van der Waals surface area contributed by atoms with Crippen LogP contribution in [0.5, 0.6) is 0 Å². The first-order valence-corrected chi connectivity index (χ1v) is 12.7. The van der Waals surface area contributed by atoms with Crippen molar-refractivity contribution in [2.45, 2.75) is 116 Å². The number of hydrogen-bond acceptors (Lipinski definition) is 6. The highest BCUT2D eigenvalue weighted by Gasteiger charge is 2.43. The molecular weight excluding hydrogens is 446 g/mol. The van der Waals surface area contributed by atoms with Gasteiger partial charge in [0.25, 0.3) is 0 Å². The van der Waals surface area contributed by atoms with Gasteiger partial charge in [-0.05, 0) is 46.0 Å². The van der Waals surface area contributed by atoms with Crippen molar-refractivity contribution >= 4 is 23.3 Å². The fourth-order valence-corrected chi connectivity index (χ4v) is 4.47. The summed E-state index contributed by atoms with van der Waals surface area (Å²) in [5, 5.41) is 0. The Morgan fingerprint density at radius 1 is 0.882 bits per heavy atom. The van der Waals surface area contributed by atoms with Gasteiger partial charge in [0.15, 0.2) is 0 Å². The molecule has 1 rings (SSSR count). The average Bonchev–Trinajstić information content (AvgIpc) is 3.02. The van der Waals surface area contributed by atoms with Crippen molar-refractivity contribution in [3.8, 4) is 0 Å². The Morgan fingerprint density at radius 3 is 2.09 bits per heavy atom. The summed E-state index contributed by atoms with van der Waals surface area (Å²) < 4.78 is 38.1. The SMILES string of the molecule is COCCCCC(F)(F)C(=O)CC[C@H]1C(=O)CC(=O)[C@@H]1CCCCCCCCC(=O)OC(C)C. The maximum Gasteiger partial charge on any atom is 0.306 e. The van der Waals surface area contributed by atoms with E-state index in [2.05, 4.69) is 0 Å². The van der Waals surface area contributed by atoms with Crippen LogP contribution in [-0.4, -0.2) is 49.1 Å². The first-order valence-electron chi connectivity index (χ1n) is 12.7. The standard InChI is InChI=1S/C26H42F2O6/c1-19(2)34-25(32)13-9-7-5-4-6-8-12-20-21(23(30)18-22(20)29)14-15-24(31)26(27,28)16-10-11-17-33-3/h19-21H,4-18H2,1-3H3/t20-,21-/m1/s1. The Kier molecular flexibility index (Phi) is 14.3. The molecule has 0 aromatic heterocycles. The van der Waals surface area contributed by atoms with Crippen LogP contribution in [0.2, 0.25) is 0 Å². The monoisotopic (exact) mass is 488 g/mol. The summed E-state index contributed by atoms with van der Waals surface area (Å²) in [6.45, 7) is 4.02. The Bertz CT molecular complexity index is 662. The quantitative estimate of drug-likeness (QED) is 0.133. The van der Waals surface area contributed by atoms with Crippen LogP contribution >= 0.6 is 0 Å². The summed E-state index contributed by atoms with van der Waals surface area (Å²) in [4.78, 5) is 48.1. The third-order valence-corrected chi connectivity index (χ3v) is 6.35. The van der Waals surface area contributed by atoms with Gasteiger partial charge in [-0.15, -0.1) is 0 Å². The van der Waals surface area contributed by atoms with Gasteiger partial charge in [-0.1, -0.05) is 32.1 Å². The van der Waals surface area contributed by atoms with Crippen molar-refractivity contribution in [1.82, 2.24) is 0 Å². The van der Waals surface area contributed by atoms with Crippen LogP contribution in [-0.2, 0) is 28.7 Å². The zero-order valence-electron chi connectivity index (χ0n) is 21.0. The number of Topliss-reactive ketones (excluding diaryl/α,β-unsaturated/α-hetero) is 3. The number of rotatable bonds is 19. The Balaban J connectivity index is 2.31. The van der Waals surface area contributed by atoms with Crippen LogP contribution in [0.25, 0.3) is 0 Å². The van der Waals surface area contributed by atoms with E-state index in [1.807, 2.05) is 13.8 Å². The van der Waals surface area contributed by atoms with Crippen molar-refractivity contribution in [2.24, 2.45) is 11.8 Å². The van der Waals surface area contributed by atoms with E-state index in [0.717, 1.165) is 38.5 Å². The van der Waals surface area contributed by atoms with Crippen LogP contribution in [0.4, 0.5) is 8.78 Å². The van der Waals surface area contributed by atoms with Gasteiger partial charge in [0.05, 0.1) is 12.5 Å². The molecule has 0 N–H and O–H groups in total. The summed E-state index contributed by atoms with van der Waals surface area (Å²) in [5.41, 5.74) is 0. The molecule has 0 unspecified atom stereocenters. The summed E-state index contributed by atoms with van der Waals surface area (Å²) in [5.74, 6) is -6.15. The fourth-order valence-electron chi connectivity index (χ4n) is 4.47. The highest BCUT2D eigenvalue weighted by molar-refractivity contribution is 6.08. The maximum atomic E-state index is 14.1. The van der Waals surface area contributed by atoms with E-state index in [4.69, 9.17) is 9.47 Å². The topological polar surface area (TPSA) is 86.7 Å². The minimum absolute atomic E-state index is 0.0220. The highest BCUT2D eigenvalue weighted by Crippen LogP contribution is 2.35. The number of alkyl halides is 2. The van der Waals surface area contributed by atoms with Gasteiger partial charge in [0.2, 0.25) is 5.78 Å². The lowest BCUT2D eigenvalue weighted by Crippen LogP contribution is -2.30. The van der Waals surface area contributed by atoms with Gasteiger partial charge >= 0.3 is 11.9 Å². The minimum atomic E-state index is -3.40. The number of ketones is 3. The molecule has 0 aromatic rings. The van der Waals surface area contributed by atoms with Crippen LogP contribution in [0.3, 0.4) is 0 Å². The zero-order valence-corrected chi connectivity index (χ0v) is 21.0. The molecule has 0 bridgehead atoms. The molecule has 34 heavy (non-hydrogen) atoms. The summed E-state index contributed by atoms with van der Waals surface area (Å²) >= 11 is 0. The molecular formula is C26H42F2O6. The number of hydrogen-bond donors (Lipinski definition) is 0. The fraction of sp³-hybridized carbons (Fsp3) is 0.846. The van der Waals surface area contributed by atoms with Gasteiger partial charge in [-0.3, -0.25) is 19.2 Å².